The fraction of sp³-hybridized carbons (Fsp3) is 0. The Hall–Kier alpha value is 0.580. The molecule has 3 rings (SSSR count). The first-order chi connectivity index (χ1) is 6.24. The Labute approximate surface area is 103 Å². The van der Waals surface area contributed by atoms with Crippen molar-refractivity contribution in [1.82, 2.24) is 0 Å². The second kappa shape index (κ2) is 3.03. The molecule has 0 aliphatic heterocycles. The normalized spacial score (nSPS) is 11.8. The highest BCUT2D eigenvalue weighted by molar-refractivity contribution is 9.11. The zero-order valence-corrected chi connectivity index (χ0v) is 11.8. The highest BCUT2D eigenvalue weighted by atomic mass is 79.9. The standard InChI is InChI=1S/C8H2Br2S3/c9-5-1-3-7(12-5)8-4(11-3)2-6(10)13-8/h1-2H. The molecule has 13 heavy (non-hydrogen) atoms. The molecule has 3 aromatic heterocycles. The summed E-state index contributed by atoms with van der Waals surface area (Å²) in [6.07, 6.45) is 0. The number of thiophene rings is 3. The lowest BCUT2D eigenvalue weighted by molar-refractivity contribution is 2.12. The van der Waals surface area contributed by atoms with Crippen LogP contribution in [0.3, 0.4) is 0 Å². The monoisotopic (exact) mass is 352 g/mol. The van der Waals surface area contributed by atoms with Crippen LogP contribution in [0.4, 0.5) is 0 Å². The van der Waals surface area contributed by atoms with Crippen molar-refractivity contribution < 1.29 is 0 Å². The third-order valence-corrected chi connectivity index (χ3v) is 6.54. The third kappa shape index (κ3) is 1.33. The van der Waals surface area contributed by atoms with Gasteiger partial charge in [0.15, 0.2) is 0 Å². The quantitative estimate of drug-likeness (QED) is 0.486. The molecule has 0 aliphatic rings. The van der Waals surface area contributed by atoms with Crippen LogP contribution in [0.15, 0.2) is 19.7 Å². The van der Waals surface area contributed by atoms with Crippen LogP contribution in [0.1, 0.15) is 0 Å². The van der Waals surface area contributed by atoms with Gasteiger partial charge in [-0.3, -0.25) is 0 Å². The Morgan fingerprint density at radius 3 is 1.69 bits per heavy atom. The molecule has 0 fully saturated rings. The molecular weight excluding hydrogens is 352 g/mol. The molecule has 0 spiro atoms. The third-order valence-electron chi connectivity index (χ3n) is 1.76. The lowest BCUT2D eigenvalue weighted by Crippen LogP contribution is -1.39. The van der Waals surface area contributed by atoms with Crippen LogP contribution in [0, 0.1) is 0 Å². The minimum Gasteiger partial charge on any atom is -0.133 e. The molecule has 5 heteroatoms. The Morgan fingerprint density at radius 2 is 1.23 bits per heavy atom. The van der Waals surface area contributed by atoms with Gasteiger partial charge in [-0.1, -0.05) is 0 Å². The van der Waals surface area contributed by atoms with Gasteiger partial charge in [0.25, 0.3) is 0 Å². The largest absolute Gasteiger partial charge is 0.133 e. The first-order valence-electron chi connectivity index (χ1n) is 3.51. The molecule has 0 nitrogen and oxygen atoms in total. The zero-order chi connectivity index (χ0) is 9.00. The lowest BCUT2D eigenvalue weighted by Gasteiger charge is -1.74. The van der Waals surface area contributed by atoms with E-state index in [-0.39, 0.29) is 0 Å². The van der Waals surface area contributed by atoms with Crippen molar-refractivity contribution in [1.29, 1.82) is 0 Å². The molecule has 0 amide bonds. The van der Waals surface area contributed by atoms with Gasteiger partial charge >= 0.3 is 0 Å². The number of fused-ring (bicyclic) bond motifs is 3. The van der Waals surface area contributed by atoms with Gasteiger partial charge in [0.1, 0.15) is 0 Å². The van der Waals surface area contributed by atoms with Gasteiger partial charge in [-0.2, -0.15) is 0 Å². The van der Waals surface area contributed by atoms with Gasteiger partial charge in [-0.25, -0.2) is 0 Å². The maximum Gasteiger partial charge on any atom is 0.0719 e. The van der Waals surface area contributed by atoms with E-state index in [4.69, 9.17) is 0 Å². The molecule has 0 N–H and O–H groups in total. The van der Waals surface area contributed by atoms with Crippen molar-refractivity contribution in [2.24, 2.45) is 0 Å². The van der Waals surface area contributed by atoms with Crippen molar-refractivity contribution in [3.8, 4) is 0 Å². The van der Waals surface area contributed by atoms with Crippen molar-refractivity contribution in [3.63, 3.8) is 0 Å². The molecule has 0 atom stereocenters. The predicted molar refractivity (Wildman–Crippen MR) is 70.5 cm³/mol. The second-order valence-electron chi connectivity index (χ2n) is 2.59. The van der Waals surface area contributed by atoms with Gasteiger partial charge in [0.2, 0.25) is 0 Å². The average Bonchev–Trinajstić information content (AvgIpc) is 2.60. The van der Waals surface area contributed by atoms with E-state index < -0.39 is 0 Å². The van der Waals surface area contributed by atoms with Gasteiger partial charge in [0.05, 0.1) is 17.0 Å². The highest BCUT2D eigenvalue weighted by Gasteiger charge is 2.10. The Balaban J connectivity index is 2.56. The van der Waals surface area contributed by atoms with E-state index in [1.807, 2.05) is 34.0 Å². The summed E-state index contributed by atoms with van der Waals surface area (Å²) in [5.41, 5.74) is 0. The molecule has 3 aromatic rings. The first-order valence-corrected chi connectivity index (χ1v) is 7.54. The van der Waals surface area contributed by atoms with Crippen LogP contribution in [-0.2, 0) is 0 Å². The number of hydrogen-bond acceptors (Lipinski definition) is 3. The Kier molecular flexibility index (Phi) is 2.07. The van der Waals surface area contributed by atoms with Crippen molar-refractivity contribution in [2.45, 2.75) is 0 Å². The SMILES string of the molecule is Brc1cc2sc3cc(Br)sc3c2s1. The van der Waals surface area contributed by atoms with Crippen molar-refractivity contribution in [2.75, 3.05) is 0 Å². The van der Waals surface area contributed by atoms with Gasteiger partial charge in [0, 0.05) is 9.40 Å². The molecular formula is C8H2Br2S3. The Bertz CT molecular complexity index is 536. The minimum atomic E-state index is 1.22. The lowest BCUT2D eigenvalue weighted by atomic mass is 10.5. The van der Waals surface area contributed by atoms with Crippen LogP contribution < -0.4 is 0 Å². The summed E-state index contributed by atoms with van der Waals surface area (Å²) >= 11 is 12.5. The van der Waals surface area contributed by atoms with Crippen LogP contribution in [0.2, 0.25) is 0 Å². The van der Waals surface area contributed by atoms with E-state index >= 15 is 0 Å². The molecule has 0 unspecified atom stereocenters. The van der Waals surface area contributed by atoms with Crippen molar-refractivity contribution in [3.05, 3.63) is 19.7 Å². The number of hydrogen-bond donors (Lipinski definition) is 0. The topological polar surface area (TPSA) is 0 Å². The molecule has 66 valence electrons. The zero-order valence-electron chi connectivity index (χ0n) is 6.14. The fourth-order valence-corrected chi connectivity index (χ4v) is 6.49. The van der Waals surface area contributed by atoms with Crippen LogP contribution in [0.25, 0.3) is 18.8 Å². The smallest absolute Gasteiger partial charge is 0.0719 e. The van der Waals surface area contributed by atoms with E-state index in [2.05, 4.69) is 44.0 Å². The maximum absolute atomic E-state index is 3.51. The number of halogens is 2. The van der Waals surface area contributed by atoms with Gasteiger partial charge in [-0.15, -0.1) is 34.0 Å². The van der Waals surface area contributed by atoms with Gasteiger partial charge < -0.3 is 0 Å². The summed E-state index contributed by atoms with van der Waals surface area (Å²) in [7, 11) is 0. The summed E-state index contributed by atoms with van der Waals surface area (Å²) in [6.45, 7) is 0. The highest BCUT2D eigenvalue weighted by Crippen LogP contribution is 2.45. The molecule has 0 aliphatic carbocycles. The summed E-state index contributed by atoms with van der Waals surface area (Å²) in [5, 5.41) is 0. The molecule has 0 saturated carbocycles. The van der Waals surface area contributed by atoms with Crippen LogP contribution in [-0.4, -0.2) is 0 Å². The summed E-state index contributed by atoms with van der Waals surface area (Å²) in [4.78, 5) is 0. The van der Waals surface area contributed by atoms with E-state index in [0.717, 1.165) is 0 Å². The number of rotatable bonds is 0. The second-order valence-corrected chi connectivity index (χ2v) is 8.54. The van der Waals surface area contributed by atoms with E-state index in [0.29, 0.717) is 0 Å². The molecule has 0 radical (unpaired) electrons. The summed E-state index contributed by atoms with van der Waals surface area (Å²) < 4.78 is 8.07. The van der Waals surface area contributed by atoms with E-state index in [1.165, 1.54) is 26.4 Å². The molecule has 0 aromatic carbocycles. The summed E-state index contributed by atoms with van der Waals surface area (Å²) in [6, 6.07) is 4.40. The first kappa shape index (κ1) is 8.85. The maximum atomic E-state index is 3.51. The van der Waals surface area contributed by atoms with Crippen LogP contribution >= 0.6 is 65.9 Å². The van der Waals surface area contributed by atoms with Crippen LogP contribution in [0.5, 0.6) is 0 Å². The predicted octanol–water partition coefficient (Wildman–Crippen LogP) is 5.70. The van der Waals surface area contributed by atoms with Gasteiger partial charge in [-0.05, 0) is 44.0 Å². The average molecular weight is 354 g/mol. The molecule has 3 heterocycles. The molecule has 0 saturated heterocycles. The Morgan fingerprint density at radius 1 is 0.769 bits per heavy atom. The van der Waals surface area contributed by atoms with Crippen molar-refractivity contribution >= 4 is 84.7 Å². The molecule has 0 bridgehead atoms. The van der Waals surface area contributed by atoms with E-state index in [1.54, 1.807) is 0 Å². The van der Waals surface area contributed by atoms with E-state index in [9.17, 15) is 0 Å². The minimum absolute atomic E-state index is 1.22. The fourth-order valence-electron chi connectivity index (χ4n) is 1.28. The summed E-state index contributed by atoms with van der Waals surface area (Å²) in [5.74, 6) is 0.